The van der Waals surface area contributed by atoms with E-state index in [1.807, 2.05) is 6.92 Å². The summed E-state index contributed by atoms with van der Waals surface area (Å²) in [6.45, 7) is 3.73. The first-order chi connectivity index (χ1) is 10.7. The molecule has 1 saturated carbocycles. The van der Waals surface area contributed by atoms with E-state index in [2.05, 4.69) is 21.4 Å². The van der Waals surface area contributed by atoms with Gasteiger partial charge in [0.05, 0.1) is 6.61 Å². The van der Waals surface area contributed by atoms with Crippen LogP contribution in [0.1, 0.15) is 38.3 Å². The minimum absolute atomic E-state index is 0.199. The average molecular weight is 304 g/mol. The first-order valence-electron chi connectivity index (χ1n) is 8.23. The number of anilines is 1. The summed E-state index contributed by atoms with van der Waals surface area (Å²) in [4.78, 5) is 22.1. The summed E-state index contributed by atoms with van der Waals surface area (Å²) in [6, 6.07) is 2.42. The molecule has 3 rings (SSSR count). The van der Waals surface area contributed by atoms with Gasteiger partial charge in [0.2, 0.25) is 0 Å². The highest BCUT2D eigenvalue weighted by Gasteiger charge is 2.24. The number of hydrogen-bond acceptors (Lipinski definition) is 5. The molecule has 1 aliphatic heterocycles. The molecule has 6 heteroatoms. The predicted molar refractivity (Wildman–Crippen MR) is 83.7 cm³/mol. The molecule has 1 N–H and O–H groups in total. The van der Waals surface area contributed by atoms with Crippen molar-refractivity contribution in [2.75, 3.05) is 25.0 Å². The number of hydrogen-bond donors (Lipinski definition) is 1. The zero-order valence-electron chi connectivity index (χ0n) is 13.1. The lowest BCUT2D eigenvalue weighted by Gasteiger charge is -2.31. The summed E-state index contributed by atoms with van der Waals surface area (Å²) >= 11 is 0. The van der Waals surface area contributed by atoms with Crippen LogP contribution in [-0.4, -0.2) is 46.7 Å². The number of amides is 1. The second-order valence-electron chi connectivity index (χ2n) is 6.15. The van der Waals surface area contributed by atoms with Crippen molar-refractivity contribution in [2.45, 2.75) is 45.1 Å². The van der Waals surface area contributed by atoms with Crippen molar-refractivity contribution in [1.82, 2.24) is 14.9 Å². The minimum atomic E-state index is -0.199. The van der Waals surface area contributed by atoms with Crippen molar-refractivity contribution in [3.8, 4) is 0 Å². The van der Waals surface area contributed by atoms with Crippen LogP contribution in [-0.2, 0) is 11.2 Å². The van der Waals surface area contributed by atoms with Crippen molar-refractivity contribution in [2.24, 2.45) is 5.92 Å². The molecule has 0 unspecified atom stereocenters. The van der Waals surface area contributed by atoms with Gasteiger partial charge in [0.25, 0.3) is 0 Å². The van der Waals surface area contributed by atoms with Crippen LogP contribution in [0.25, 0.3) is 0 Å². The lowest BCUT2D eigenvalue weighted by molar-refractivity contribution is 0.0983. The maximum absolute atomic E-state index is 11.7. The summed E-state index contributed by atoms with van der Waals surface area (Å²) < 4.78 is 5.04. The Bertz CT molecular complexity index is 511. The number of carbonyl (C=O) groups excluding carboxylic acids is 1. The predicted octanol–water partition coefficient (Wildman–Crippen LogP) is 2.46. The second-order valence-corrected chi connectivity index (χ2v) is 6.15. The van der Waals surface area contributed by atoms with Gasteiger partial charge in [-0.2, -0.15) is 0 Å². The van der Waals surface area contributed by atoms with E-state index in [1.165, 1.54) is 12.8 Å². The molecule has 1 aromatic rings. The molecule has 22 heavy (non-hydrogen) atoms. The molecule has 0 spiro atoms. The van der Waals surface area contributed by atoms with E-state index >= 15 is 0 Å². The second kappa shape index (κ2) is 6.94. The van der Waals surface area contributed by atoms with Gasteiger partial charge in [-0.25, -0.2) is 14.8 Å². The van der Waals surface area contributed by atoms with E-state index in [0.717, 1.165) is 49.8 Å². The van der Waals surface area contributed by atoms with E-state index < -0.39 is 0 Å². The SMILES string of the molecule is CCOC(=O)N1CCC(Nc2cc(CC3CC3)ncn2)CC1. The Labute approximate surface area is 131 Å². The molecule has 120 valence electrons. The molecule has 1 amide bonds. The highest BCUT2D eigenvalue weighted by atomic mass is 16.6. The van der Waals surface area contributed by atoms with E-state index in [1.54, 1.807) is 11.2 Å². The van der Waals surface area contributed by atoms with Crippen LogP contribution < -0.4 is 5.32 Å². The normalized spacial score (nSPS) is 19.0. The quantitative estimate of drug-likeness (QED) is 0.905. The van der Waals surface area contributed by atoms with Gasteiger partial charge in [-0.1, -0.05) is 0 Å². The Kier molecular flexibility index (Phi) is 4.75. The number of nitrogens with one attached hydrogen (secondary N) is 1. The summed E-state index contributed by atoms with van der Waals surface area (Å²) in [5, 5.41) is 3.48. The fraction of sp³-hybridized carbons (Fsp3) is 0.688. The molecule has 0 atom stereocenters. The largest absolute Gasteiger partial charge is 0.450 e. The zero-order valence-corrected chi connectivity index (χ0v) is 13.1. The van der Waals surface area contributed by atoms with Crippen LogP contribution in [0.2, 0.25) is 0 Å². The number of nitrogens with zero attached hydrogens (tertiary/aromatic N) is 3. The smallest absolute Gasteiger partial charge is 0.409 e. The Morgan fingerprint density at radius 3 is 2.77 bits per heavy atom. The maximum atomic E-state index is 11.7. The number of piperidine rings is 1. The van der Waals surface area contributed by atoms with Crippen LogP contribution in [0.3, 0.4) is 0 Å². The Morgan fingerprint density at radius 1 is 1.32 bits per heavy atom. The Morgan fingerprint density at radius 2 is 2.09 bits per heavy atom. The van der Waals surface area contributed by atoms with Gasteiger partial charge in [-0.05, 0) is 44.9 Å². The van der Waals surface area contributed by atoms with E-state index in [9.17, 15) is 4.79 Å². The molecule has 2 heterocycles. The number of aromatic nitrogens is 2. The summed E-state index contributed by atoms with van der Waals surface area (Å²) in [5.74, 6) is 1.73. The molecule has 2 aliphatic rings. The molecule has 0 bridgehead atoms. The average Bonchev–Trinajstić information content (AvgIpc) is 3.32. The van der Waals surface area contributed by atoms with Crippen LogP contribution in [0.15, 0.2) is 12.4 Å². The number of likely N-dealkylation sites (tertiary alicyclic amines) is 1. The van der Waals surface area contributed by atoms with Crippen molar-refractivity contribution >= 4 is 11.9 Å². The maximum Gasteiger partial charge on any atom is 0.409 e. The summed E-state index contributed by atoms with van der Waals surface area (Å²) in [7, 11) is 0. The molecular weight excluding hydrogens is 280 g/mol. The fourth-order valence-corrected chi connectivity index (χ4v) is 2.84. The van der Waals surface area contributed by atoms with Gasteiger partial charge in [0.15, 0.2) is 0 Å². The van der Waals surface area contributed by atoms with Crippen molar-refractivity contribution in [1.29, 1.82) is 0 Å². The third-order valence-corrected chi connectivity index (χ3v) is 4.29. The van der Waals surface area contributed by atoms with Gasteiger partial charge >= 0.3 is 6.09 Å². The lowest BCUT2D eigenvalue weighted by Crippen LogP contribution is -2.42. The number of rotatable bonds is 5. The molecule has 6 nitrogen and oxygen atoms in total. The van der Waals surface area contributed by atoms with Crippen LogP contribution in [0, 0.1) is 5.92 Å². The number of carbonyl (C=O) groups is 1. The fourth-order valence-electron chi connectivity index (χ4n) is 2.84. The summed E-state index contributed by atoms with van der Waals surface area (Å²) in [6.07, 6.45) is 7.01. The van der Waals surface area contributed by atoms with E-state index in [0.29, 0.717) is 12.6 Å². The number of ether oxygens (including phenoxy) is 1. The van der Waals surface area contributed by atoms with E-state index in [4.69, 9.17) is 4.74 Å². The van der Waals surface area contributed by atoms with E-state index in [-0.39, 0.29) is 6.09 Å². The van der Waals surface area contributed by atoms with Crippen LogP contribution in [0.5, 0.6) is 0 Å². The standard InChI is InChI=1S/C16H24N4O2/c1-2-22-16(21)20-7-5-13(6-8-20)19-15-10-14(17-11-18-15)9-12-3-4-12/h10-13H,2-9H2,1H3,(H,17,18,19). The van der Waals surface area contributed by atoms with Gasteiger partial charge in [-0.15, -0.1) is 0 Å². The molecule has 1 aliphatic carbocycles. The van der Waals surface area contributed by atoms with Crippen molar-refractivity contribution < 1.29 is 9.53 Å². The first-order valence-corrected chi connectivity index (χ1v) is 8.23. The van der Waals surface area contributed by atoms with Crippen molar-refractivity contribution in [3.05, 3.63) is 18.1 Å². The van der Waals surface area contributed by atoms with Gasteiger partial charge in [0, 0.05) is 30.9 Å². The summed E-state index contributed by atoms with van der Waals surface area (Å²) in [5.41, 5.74) is 1.13. The van der Waals surface area contributed by atoms with Gasteiger partial charge < -0.3 is 15.0 Å². The third-order valence-electron chi connectivity index (χ3n) is 4.29. The monoisotopic (exact) mass is 304 g/mol. The zero-order chi connectivity index (χ0) is 15.4. The van der Waals surface area contributed by atoms with Gasteiger partial charge in [-0.3, -0.25) is 0 Å². The molecule has 1 saturated heterocycles. The third kappa shape index (κ3) is 4.08. The first kappa shape index (κ1) is 15.1. The van der Waals surface area contributed by atoms with Crippen molar-refractivity contribution in [3.63, 3.8) is 0 Å². The molecule has 0 radical (unpaired) electrons. The Balaban J connectivity index is 1.48. The molecular formula is C16H24N4O2. The molecule has 2 fully saturated rings. The molecule has 0 aromatic carbocycles. The molecule has 1 aromatic heterocycles. The highest BCUT2D eigenvalue weighted by Crippen LogP contribution is 2.32. The van der Waals surface area contributed by atoms with Crippen LogP contribution >= 0.6 is 0 Å². The van der Waals surface area contributed by atoms with Crippen LogP contribution in [0.4, 0.5) is 10.6 Å². The topological polar surface area (TPSA) is 67.3 Å². The minimum Gasteiger partial charge on any atom is -0.450 e. The highest BCUT2D eigenvalue weighted by molar-refractivity contribution is 5.67. The van der Waals surface area contributed by atoms with Gasteiger partial charge in [0.1, 0.15) is 12.1 Å². The lowest BCUT2D eigenvalue weighted by atomic mass is 10.1. The Hall–Kier alpha value is -1.85.